The summed E-state index contributed by atoms with van der Waals surface area (Å²) in [7, 11) is 0. The predicted octanol–water partition coefficient (Wildman–Crippen LogP) is 3.45. The molecule has 1 aromatic carbocycles. The van der Waals surface area contributed by atoms with Gasteiger partial charge in [0.1, 0.15) is 0 Å². The van der Waals surface area contributed by atoms with Crippen molar-refractivity contribution in [3.8, 4) is 0 Å². The maximum absolute atomic E-state index is 12.5. The van der Waals surface area contributed by atoms with Gasteiger partial charge in [0.05, 0.1) is 28.0 Å². The molecule has 1 aliphatic rings. The van der Waals surface area contributed by atoms with Crippen LogP contribution in [0.4, 0.5) is 5.69 Å². The molecule has 3 rings (SSSR count). The molecule has 0 radical (unpaired) electrons. The largest absolute Gasteiger partial charge is 0.321 e. The molecular weight excluding hydrogens is 350 g/mol. The van der Waals surface area contributed by atoms with E-state index in [9.17, 15) is 14.4 Å². The normalized spacial score (nSPS) is 13.1. The summed E-state index contributed by atoms with van der Waals surface area (Å²) in [5.74, 6) is -0.972. The van der Waals surface area contributed by atoms with E-state index in [0.717, 1.165) is 17.9 Å². The number of carbonyl (C=O) groups is 3. The van der Waals surface area contributed by atoms with E-state index in [0.29, 0.717) is 23.4 Å². The zero-order chi connectivity index (χ0) is 18.7. The molecule has 3 amide bonds. The Bertz CT molecular complexity index is 865. The highest BCUT2D eigenvalue weighted by molar-refractivity contribution is 7.98. The quantitative estimate of drug-likeness (QED) is 0.623. The van der Waals surface area contributed by atoms with Gasteiger partial charge in [-0.15, -0.1) is 11.8 Å². The van der Waals surface area contributed by atoms with Crippen LogP contribution < -0.4 is 5.32 Å². The number of unbranched alkanes of at least 4 members (excludes halogenated alkanes) is 1. The molecule has 0 unspecified atom stereocenters. The molecule has 0 bridgehead atoms. The van der Waals surface area contributed by atoms with Crippen molar-refractivity contribution in [3.63, 3.8) is 0 Å². The lowest BCUT2D eigenvalue weighted by molar-refractivity contribution is 0.0652. The minimum Gasteiger partial charge on any atom is -0.321 e. The van der Waals surface area contributed by atoms with E-state index in [2.05, 4.69) is 10.3 Å². The Kier molecular flexibility index (Phi) is 5.37. The molecule has 0 spiro atoms. The van der Waals surface area contributed by atoms with Crippen LogP contribution in [0.2, 0.25) is 0 Å². The van der Waals surface area contributed by atoms with Gasteiger partial charge in [-0.05, 0) is 43.0 Å². The second-order valence-corrected chi connectivity index (χ2v) is 6.75. The van der Waals surface area contributed by atoms with Crippen LogP contribution in [0.3, 0.4) is 0 Å². The molecule has 0 aliphatic carbocycles. The lowest BCUT2D eigenvalue weighted by Crippen LogP contribution is -2.30. The molecule has 134 valence electrons. The van der Waals surface area contributed by atoms with E-state index in [-0.39, 0.29) is 23.3 Å². The third-order valence-electron chi connectivity index (χ3n) is 4.17. The number of aromatic nitrogens is 1. The third-order valence-corrected chi connectivity index (χ3v) is 4.83. The summed E-state index contributed by atoms with van der Waals surface area (Å²) in [5.41, 5.74) is 1.54. The van der Waals surface area contributed by atoms with Crippen LogP contribution in [0.15, 0.2) is 41.6 Å². The first-order valence-corrected chi connectivity index (χ1v) is 9.59. The number of fused-ring (bicyclic) bond motifs is 1. The maximum Gasteiger partial charge on any atom is 0.261 e. The summed E-state index contributed by atoms with van der Waals surface area (Å²) in [6.45, 7) is 2.40. The molecular formula is C19H19N3O3S. The first-order chi connectivity index (χ1) is 12.5. The summed E-state index contributed by atoms with van der Waals surface area (Å²) in [6, 6.07) is 8.18. The molecule has 2 heterocycles. The van der Waals surface area contributed by atoms with E-state index in [4.69, 9.17) is 0 Å². The molecule has 0 saturated heterocycles. The molecule has 0 saturated carbocycles. The fourth-order valence-electron chi connectivity index (χ4n) is 2.73. The summed E-state index contributed by atoms with van der Waals surface area (Å²) in [5, 5.41) is 3.61. The second kappa shape index (κ2) is 7.70. The standard InChI is InChI=1S/C19H19N3O3S/c1-3-4-9-22-18(24)14-7-5-12(10-15(14)19(22)25)17(23)21-13-6-8-16(26-2)20-11-13/h5-8,10-11H,3-4,9H2,1-2H3,(H,21,23). The number of hydrogen-bond acceptors (Lipinski definition) is 5. The van der Waals surface area contributed by atoms with E-state index in [1.807, 2.05) is 19.2 Å². The molecule has 1 N–H and O–H groups in total. The summed E-state index contributed by atoms with van der Waals surface area (Å²) in [4.78, 5) is 42.7. The Labute approximate surface area is 156 Å². The van der Waals surface area contributed by atoms with Crippen LogP contribution in [-0.2, 0) is 0 Å². The van der Waals surface area contributed by atoms with Crippen molar-refractivity contribution in [3.05, 3.63) is 53.2 Å². The summed E-state index contributed by atoms with van der Waals surface area (Å²) in [6.07, 6.45) is 5.16. The number of benzene rings is 1. The van der Waals surface area contributed by atoms with Gasteiger partial charge in [-0.25, -0.2) is 4.98 Å². The van der Waals surface area contributed by atoms with Crippen molar-refractivity contribution in [2.75, 3.05) is 18.1 Å². The summed E-state index contributed by atoms with van der Waals surface area (Å²) < 4.78 is 0. The van der Waals surface area contributed by atoms with Crippen molar-refractivity contribution in [2.45, 2.75) is 24.8 Å². The van der Waals surface area contributed by atoms with Crippen LogP contribution >= 0.6 is 11.8 Å². The third kappa shape index (κ3) is 3.48. The van der Waals surface area contributed by atoms with E-state index in [1.165, 1.54) is 22.7 Å². The average Bonchev–Trinajstić information content (AvgIpc) is 2.90. The number of hydrogen-bond donors (Lipinski definition) is 1. The summed E-state index contributed by atoms with van der Waals surface area (Å²) >= 11 is 1.51. The van der Waals surface area contributed by atoms with Crippen molar-refractivity contribution in [2.24, 2.45) is 0 Å². The smallest absolute Gasteiger partial charge is 0.261 e. The zero-order valence-corrected chi connectivity index (χ0v) is 15.4. The first-order valence-electron chi connectivity index (χ1n) is 8.36. The highest BCUT2D eigenvalue weighted by atomic mass is 32.2. The number of thioether (sulfide) groups is 1. The SMILES string of the molecule is CCCCN1C(=O)c2ccc(C(=O)Nc3ccc(SC)nc3)cc2C1=O. The van der Waals surface area contributed by atoms with E-state index < -0.39 is 0 Å². The highest BCUT2D eigenvalue weighted by Crippen LogP contribution is 2.25. The van der Waals surface area contributed by atoms with Gasteiger partial charge in [-0.2, -0.15) is 0 Å². The van der Waals surface area contributed by atoms with Crippen LogP contribution in [0.1, 0.15) is 50.8 Å². The number of nitrogens with one attached hydrogen (secondary N) is 1. The zero-order valence-electron chi connectivity index (χ0n) is 14.6. The van der Waals surface area contributed by atoms with Crippen LogP contribution in [0, 0.1) is 0 Å². The molecule has 7 heteroatoms. The van der Waals surface area contributed by atoms with E-state index in [1.54, 1.807) is 24.4 Å². The van der Waals surface area contributed by atoms with Gasteiger partial charge in [-0.1, -0.05) is 13.3 Å². The number of carbonyl (C=O) groups excluding carboxylic acids is 3. The van der Waals surface area contributed by atoms with Gasteiger partial charge in [0.2, 0.25) is 0 Å². The van der Waals surface area contributed by atoms with Crippen molar-refractivity contribution in [1.82, 2.24) is 9.88 Å². The van der Waals surface area contributed by atoms with Gasteiger partial charge >= 0.3 is 0 Å². The van der Waals surface area contributed by atoms with Crippen LogP contribution in [-0.4, -0.2) is 40.4 Å². The van der Waals surface area contributed by atoms with E-state index >= 15 is 0 Å². The monoisotopic (exact) mass is 369 g/mol. The number of pyridine rings is 1. The molecule has 1 aliphatic heterocycles. The molecule has 6 nitrogen and oxygen atoms in total. The van der Waals surface area contributed by atoms with Gasteiger partial charge < -0.3 is 5.32 Å². The Morgan fingerprint density at radius 3 is 2.58 bits per heavy atom. The minimum atomic E-state index is -0.348. The predicted molar refractivity (Wildman–Crippen MR) is 101 cm³/mol. The first kappa shape index (κ1) is 18.1. The van der Waals surface area contributed by atoms with Crippen molar-refractivity contribution >= 4 is 35.2 Å². The van der Waals surface area contributed by atoms with Gasteiger partial charge in [0, 0.05) is 12.1 Å². The van der Waals surface area contributed by atoms with Gasteiger partial charge in [0.15, 0.2) is 0 Å². The molecule has 1 aromatic heterocycles. The number of amides is 3. The second-order valence-electron chi connectivity index (χ2n) is 5.92. The maximum atomic E-state index is 12.5. The number of anilines is 1. The fraction of sp³-hybridized carbons (Fsp3) is 0.263. The van der Waals surface area contributed by atoms with Gasteiger partial charge in [-0.3, -0.25) is 19.3 Å². The average molecular weight is 369 g/mol. The van der Waals surface area contributed by atoms with Gasteiger partial charge in [0.25, 0.3) is 17.7 Å². The molecule has 0 atom stereocenters. The van der Waals surface area contributed by atoms with Crippen LogP contribution in [0.5, 0.6) is 0 Å². The Morgan fingerprint density at radius 1 is 1.15 bits per heavy atom. The lowest BCUT2D eigenvalue weighted by atomic mass is 10.1. The molecule has 26 heavy (non-hydrogen) atoms. The topological polar surface area (TPSA) is 79.4 Å². The number of rotatable bonds is 6. The number of imide groups is 1. The Morgan fingerprint density at radius 2 is 1.92 bits per heavy atom. The lowest BCUT2D eigenvalue weighted by Gasteiger charge is -2.12. The van der Waals surface area contributed by atoms with Crippen molar-refractivity contribution in [1.29, 1.82) is 0 Å². The van der Waals surface area contributed by atoms with Crippen LogP contribution in [0.25, 0.3) is 0 Å². The number of nitrogens with zero attached hydrogens (tertiary/aromatic N) is 2. The minimum absolute atomic E-state index is 0.287. The Balaban J connectivity index is 1.79. The fourth-order valence-corrected chi connectivity index (χ4v) is 3.09. The molecule has 0 fully saturated rings. The Hall–Kier alpha value is -2.67. The van der Waals surface area contributed by atoms with Crippen molar-refractivity contribution < 1.29 is 14.4 Å². The molecule has 2 aromatic rings. The highest BCUT2D eigenvalue weighted by Gasteiger charge is 2.35.